The Labute approximate surface area is 114 Å². The number of rotatable bonds is 3. The zero-order valence-corrected chi connectivity index (χ0v) is 11.4. The fraction of sp³-hybridized carbons (Fsp3) is 0.438. The molecule has 3 nitrogen and oxygen atoms in total. The average molecular weight is 255 g/mol. The summed E-state index contributed by atoms with van der Waals surface area (Å²) in [5.41, 5.74) is 10.3. The largest absolute Gasteiger partial charge is 0.330 e. The van der Waals surface area contributed by atoms with E-state index in [2.05, 4.69) is 28.6 Å². The second-order valence-electron chi connectivity index (χ2n) is 5.43. The Morgan fingerprint density at radius 1 is 1.16 bits per heavy atom. The second kappa shape index (κ2) is 5.17. The van der Waals surface area contributed by atoms with Gasteiger partial charge in [0.15, 0.2) is 0 Å². The maximum absolute atomic E-state index is 6.41. The number of nitrogens with two attached hydrogens (primary N) is 1. The van der Waals surface area contributed by atoms with Crippen LogP contribution in [0.15, 0.2) is 36.7 Å². The van der Waals surface area contributed by atoms with E-state index in [0.717, 1.165) is 12.8 Å². The molecule has 0 amide bonds. The molecule has 1 aromatic carbocycles. The van der Waals surface area contributed by atoms with Gasteiger partial charge in [0.25, 0.3) is 0 Å². The highest BCUT2D eigenvalue weighted by atomic mass is 15.1. The van der Waals surface area contributed by atoms with Crippen LogP contribution in [-0.2, 0) is 12.8 Å². The van der Waals surface area contributed by atoms with E-state index in [4.69, 9.17) is 5.73 Å². The summed E-state index contributed by atoms with van der Waals surface area (Å²) < 4.78 is 2.28. The third-order valence-electron chi connectivity index (χ3n) is 4.20. The van der Waals surface area contributed by atoms with Gasteiger partial charge in [-0.05, 0) is 38.2 Å². The Morgan fingerprint density at radius 3 is 2.68 bits per heavy atom. The van der Waals surface area contributed by atoms with E-state index in [1.54, 1.807) is 0 Å². The number of hydrogen-bond donors (Lipinski definition) is 1. The van der Waals surface area contributed by atoms with E-state index in [9.17, 15) is 0 Å². The zero-order chi connectivity index (χ0) is 13.2. The normalized spacial score (nSPS) is 17.8. The fourth-order valence-electron chi connectivity index (χ4n) is 2.97. The van der Waals surface area contributed by atoms with Crippen LogP contribution in [0.4, 0.5) is 0 Å². The van der Waals surface area contributed by atoms with Crippen LogP contribution in [-0.4, -0.2) is 9.55 Å². The summed E-state index contributed by atoms with van der Waals surface area (Å²) in [5, 5.41) is 0. The predicted molar refractivity (Wildman–Crippen MR) is 77.0 cm³/mol. The van der Waals surface area contributed by atoms with Gasteiger partial charge >= 0.3 is 0 Å². The predicted octanol–water partition coefficient (Wildman–Crippen LogP) is 3.02. The van der Waals surface area contributed by atoms with Gasteiger partial charge in [-0.2, -0.15) is 0 Å². The van der Waals surface area contributed by atoms with Gasteiger partial charge in [-0.1, -0.05) is 30.3 Å². The zero-order valence-electron chi connectivity index (χ0n) is 11.4. The van der Waals surface area contributed by atoms with Gasteiger partial charge < -0.3 is 10.3 Å². The van der Waals surface area contributed by atoms with Crippen LogP contribution >= 0.6 is 0 Å². The molecule has 1 aromatic heterocycles. The minimum absolute atomic E-state index is 0.0152. The van der Waals surface area contributed by atoms with Gasteiger partial charge in [0.1, 0.15) is 0 Å². The van der Waals surface area contributed by atoms with Crippen molar-refractivity contribution in [2.75, 3.05) is 0 Å². The number of hydrogen-bond acceptors (Lipinski definition) is 2. The molecule has 0 spiro atoms. The topological polar surface area (TPSA) is 43.8 Å². The smallest absolute Gasteiger partial charge is 0.0954 e. The van der Waals surface area contributed by atoms with Gasteiger partial charge in [0, 0.05) is 5.69 Å². The van der Waals surface area contributed by atoms with Crippen molar-refractivity contribution in [2.45, 2.75) is 44.7 Å². The quantitative estimate of drug-likeness (QED) is 0.916. The molecule has 0 fully saturated rings. The summed E-state index contributed by atoms with van der Waals surface area (Å²) >= 11 is 0. The number of benzene rings is 1. The minimum atomic E-state index is 0.0152. The van der Waals surface area contributed by atoms with Crippen molar-refractivity contribution < 1.29 is 0 Å². The van der Waals surface area contributed by atoms with Gasteiger partial charge in [-0.25, -0.2) is 4.98 Å². The van der Waals surface area contributed by atoms with E-state index in [-0.39, 0.29) is 12.1 Å². The molecule has 3 heteroatoms. The molecular formula is C16H21N3. The molecule has 0 aliphatic heterocycles. The molecule has 0 bridgehead atoms. The van der Waals surface area contributed by atoms with Gasteiger partial charge in [-0.15, -0.1) is 0 Å². The summed E-state index contributed by atoms with van der Waals surface area (Å²) in [6, 6.07) is 10.6. The van der Waals surface area contributed by atoms with Crippen molar-refractivity contribution >= 4 is 0 Å². The molecule has 1 aliphatic carbocycles. The summed E-state index contributed by atoms with van der Waals surface area (Å²) in [6.45, 7) is 2.19. The monoisotopic (exact) mass is 255 g/mol. The third-order valence-corrected chi connectivity index (χ3v) is 4.20. The number of fused-ring (bicyclic) bond motifs is 1. The first-order valence-corrected chi connectivity index (χ1v) is 7.12. The molecular weight excluding hydrogens is 234 g/mol. The lowest BCUT2D eigenvalue weighted by Gasteiger charge is -2.25. The first-order chi connectivity index (χ1) is 9.27. The van der Waals surface area contributed by atoms with Crippen molar-refractivity contribution in [1.29, 1.82) is 0 Å². The highest BCUT2D eigenvalue weighted by Crippen LogP contribution is 2.28. The SMILES string of the molecule is CC(C(N)c1ccccc1)n1cnc2c1CCCC2. The maximum atomic E-state index is 6.41. The van der Waals surface area contributed by atoms with Crippen molar-refractivity contribution in [3.63, 3.8) is 0 Å². The molecule has 2 unspecified atom stereocenters. The van der Waals surface area contributed by atoms with E-state index in [0.29, 0.717) is 0 Å². The molecule has 2 atom stereocenters. The van der Waals surface area contributed by atoms with Crippen molar-refractivity contribution in [1.82, 2.24) is 9.55 Å². The van der Waals surface area contributed by atoms with Crippen LogP contribution in [0.1, 0.15) is 48.8 Å². The molecule has 2 aromatic rings. The van der Waals surface area contributed by atoms with Crippen LogP contribution in [0.2, 0.25) is 0 Å². The maximum Gasteiger partial charge on any atom is 0.0954 e. The molecule has 100 valence electrons. The average Bonchev–Trinajstić information content (AvgIpc) is 2.90. The van der Waals surface area contributed by atoms with E-state index in [1.165, 1.54) is 29.8 Å². The number of nitrogens with zero attached hydrogens (tertiary/aromatic N) is 2. The third kappa shape index (κ3) is 2.30. The second-order valence-corrected chi connectivity index (χ2v) is 5.43. The number of aryl methyl sites for hydroxylation is 1. The van der Waals surface area contributed by atoms with Gasteiger partial charge in [0.05, 0.1) is 24.1 Å². The Balaban J connectivity index is 1.88. The molecule has 1 aliphatic rings. The lowest BCUT2D eigenvalue weighted by Crippen LogP contribution is -2.24. The highest BCUT2D eigenvalue weighted by Gasteiger charge is 2.22. The molecule has 3 rings (SSSR count). The Kier molecular flexibility index (Phi) is 3.38. The lowest BCUT2D eigenvalue weighted by atomic mass is 9.98. The van der Waals surface area contributed by atoms with Crippen LogP contribution in [0, 0.1) is 0 Å². The van der Waals surface area contributed by atoms with Crippen LogP contribution in [0.25, 0.3) is 0 Å². The highest BCUT2D eigenvalue weighted by molar-refractivity contribution is 5.22. The molecule has 0 saturated carbocycles. The number of imidazole rings is 1. The van der Waals surface area contributed by atoms with E-state index < -0.39 is 0 Å². The minimum Gasteiger partial charge on any atom is -0.330 e. The van der Waals surface area contributed by atoms with Gasteiger partial charge in [-0.3, -0.25) is 0 Å². The lowest BCUT2D eigenvalue weighted by molar-refractivity contribution is 0.435. The summed E-state index contributed by atoms with van der Waals surface area (Å²) in [7, 11) is 0. The van der Waals surface area contributed by atoms with Crippen molar-refractivity contribution in [3.05, 3.63) is 53.6 Å². The summed E-state index contributed by atoms with van der Waals surface area (Å²) in [5.74, 6) is 0. The Morgan fingerprint density at radius 2 is 1.89 bits per heavy atom. The van der Waals surface area contributed by atoms with Crippen molar-refractivity contribution in [2.24, 2.45) is 5.73 Å². The molecule has 1 heterocycles. The molecule has 2 N–H and O–H groups in total. The first kappa shape index (κ1) is 12.4. The van der Waals surface area contributed by atoms with Crippen molar-refractivity contribution in [3.8, 4) is 0 Å². The molecule has 0 saturated heterocycles. The Bertz CT molecular complexity index is 544. The first-order valence-electron chi connectivity index (χ1n) is 7.12. The number of aromatic nitrogens is 2. The Hall–Kier alpha value is -1.61. The summed E-state index contributed by atoms with van der Waals surface area (Å²) in [4.78, 5) is 4.56. The van der Waals surface area contributed by atoms with Crippen LogP contribution in [0.5, 0.6) is 0 Å². The van der Waals surface area contributed by atoms with Crippen LogP contribution < -0.4 is 5.73 Å². The van der Waals surface area contributed by atoms with E-state index in [1.807, 2.05) is 24.5 Å². The molecule has 0 radical (unpaired) electrons. The molecule has 19 heavy (non-hydrogen) atoms. The standard InChI is InChI=1S/C16H21N3/c1-12(16(17)13-7-3-2-4-8-13)19-11-18-14-9-5-6-10-15(14)19/h2-4,7-8,11-12,16H,5-6,9-10,17H2,1H3. The van der Waals surface area contributed by atoms with Crippen LogP contribution in [0.3, 0.4) is 0 Å². The van der Waals surface area contributed by atoms with E-state index >= 15 is 0 Å². The van der Waals surface area contributed by atoms with Gasteiger partial charge in [0.2, 0.25) is 0 Å². The fourth-order valence-corrected chi connectivity index (χ4v) is 2.97. The summed E-state index contributed by atoms with van der Waals surface area (Å²) in [6.07, 6.45) is 6.77.